The first-order valence-corrected chi connectivity index (χ1v) is 7.37. The number of carbonyl (C=O) groups excluding carboxylic acids is 1. The van der Waals surface area contributed by atoms with Crippen molar-refractivity contribution < 1.29 is 9.32 Å². The van der Waals surface area contributed by atoms with Crippen LogP contribution in [0.4, 0.5) is 0 Å². The summed E-state index contributed by atoms with van der Waals surface area (Å²) < 4.78 is 5.20. The minimum atomic E-state index is -0.0699. The number of aromatic nitrogens is 3. The van der Waals surface area contributed by atoms with Crippen LogP contribution in [0.3, 0.4) is 0 Å². The van der Waals surface area contributed by atoms with Crippen LogP contribution in [0, 0.1) is 5.92 Å². The lowest BCUT2D eigenvalue weighted by Gasteiger charge is -2.13. The van der Waals surface area contributed by atoms with E-state index in [1.165, 1.54) is 0 Å². The number of H-pyrrole nitrogens is 1. The molecule has 1 amide bonds. The number of hydrogen-bond donors (Lipinski definition) is 1. The van der Waals surface area contributed by atoms with Crippen LogP contribution in [0.5, 0.6) is 0 Å². The van der Waals surface area contributed by atoms with Gasteiger partial charge in [-0.25, -0.2) is 0 Å². The number of hydrogen-bond acceptors (Lipinski definition) is 4. The fourth-order valence-electron chi connectivity index (χ4n) is 2.78. The molecule has 1 fully saturated rings. The molecule has 6 nitrogen and oxygen atoms in total. The molecule has 3 heterocycles. The number of amides is 1. The number of nitrogens with zero attached hydrogens (tertiary/aromatic N) is 3. The molecule has 6 heteroatoms. The number of rotatable bonds is 4. The van der Waals surface area contributed by atoms with Gasteiger partial charge in [0.25, 0.3) is 5.91 Å². The Balaban J connectivity index is 1.65. The highest BCUT2D eigenvalue weighted by molar-refractivity contribution is 5.91. The van der Waals surface area contributed by atoms with E-state index in [0.717, 1.165) is 30.8 Å². The van der Waals surface area contributed by atoms with Gasteiger partial charge in [-0.05, 0) is 24.8 Å². The van der Waals surface area contributed by atoms with Crippen LogP contribution in [-0.2, 0) is 6.42 Å². The molecule has 2 aromatic heterocycles. The minimum Gasteiger partial charge on any atom is -0.351 e. The van der Waals surface area contributed by atoms with Crippen LogP contribution in [0.25, 0.3) is 0 Å². The molecule has 1 atom stereocenters. The maximum absolute atomic E-state index is 12.4. The average molecular weight is 288 g/mol. The highest BCUT2D eigenvalue weighted by Crippen LogP contribution is 2.26. The normalized spacial score (nSPS) is 18.6. The van der Waals surface area contributed by atoms with Crippen LogP contribution in [0.2, 0.25) is 0 Å². The van der Waals surface area contributed by atoms with Crippen molar-refractivity contribution in [3.8, 4) is 0 Å². The van der Waals surface area contributed by atoms with Crippen molar-refractivity contribution in [3.63, 3.8) is 0 Å². The van der Waals surface area contributed by atoms with Crippen LogP contribution in [0.15, 0.2) is 22.9 Å². The van der Waals surface area contributed by atoms with Gasteiger partial charge in [-0.1, -0.05) is 19.0 Å². The monoisotopic (exact) mass is 288 g/mol. The standard InChI is InChI=1S/C15H20N4O2/c1-10(2)7-12-8-14(21-18-12)15(20)19-6-4-11(9-19)13-3-5-16-17-13/h3,5,8,10-11H,4,6-7,9H2,1-2H3,(H,16,17). The van der Waals surface area contributed by atoms with E-state index < -0.39 is 0 Å². The van der Waals surface area contributed by atoms with E-state index in [1.54, 1.807) is 12.3 Å². The Hall–Kier alpha value is -2.11. The summed E-state index contributed by atoms with van der Waals surface area (Å²) in [5.74, 6) is 1.10. The summed E-state index contributed by atoms with van der Waals surface area (Å²) >= 11 is 0. The van der Waals surface area contributed by atoms with Gasteiger partial charge in [0.2, 0.25) is 5.76 Å². The Bertz CT molecular complexity index is 603. The lowest BCUT2D eigenvalue weighted by atomic mass is 10.1. The lowest BCUT2D eigenvalue weighted by molar-refractivity contribution is 0.0749. The molecule has 3 rings (SSSR count). The highest BCUT2D eigenvalue weighted by Gasteiger charge is 2.30. The fourth-order valence-corrected chi connectivity index (χ4v) is 2.78. The van der Waals surface area contributed by atoms with Gasteiger partial charge >= 0.3 is 0 Å². The molecule has 1 aliphatic rings. The van der Waals surface area contributed by atoms with Crippen molar-refractivity contribution in [1.82, 2.24) is 20.3 Å². The van der Waals surface area contributed by atoms with Crippen LogP contribution >= 0.6 is 0 Å². The summed E-state index contributed by atoms with van der Waals surface area (Å²) in [4.78, 5) is 14.3. The first-order valence-electron chi connectivity index (χ1n) is 7.37. The van der Waals surface area contributed by atoms with E-state index in [4.69, 9.17) is 4.52 Å². The molecule has 0 bridgehead atoms. The molecule has 21 heavy (non-hydrogen) atoms. The molecular formula is C15H20N4O2. The van der Waals surface area contributed by atoms with E-state index in [-0.39, 0.29) is 5.91 Å². The molecule has 0 spiro atoms. The molecule has 1 saturated heterocycles. The molecule has 0 radical (unpaired) electrons. The van der Waals surface area contributed by atoms with Gasteiger partial charge in [-0.3, -0.25) is 9.89 Å². The molecule has 0 saturated carbocycles. The van der Waals surface area contributed by atoms with Gasteiger partial charge in [0, 0.05) is 37.0 Å². The van der Waals surface area contributed by atoms with Gasteiger partial charge in [0.05, 0.1) is 5.69 Å². The largest absolute Gasteiger partial charge is 0.351 e. The molecule has 112 valence electrons. The van der Waals surface area contributed by atoms with E-state index in [2.05, 4.69) is 29.2 Å². The Morgan fingerprint density at radius 3 is 3.14 bits per heavy atom. The van der Waals surface area contributed by atoms with Crippen LogP contribution < -0.4 is 0 Å². The number of carbonyl (C=O) groups is 1. The van der Waals surface area contributed by atoms with Gasteiger partial charge in [0.1, 0.15) is 0 Å². The van der Waals surface area contributed by atoms with E-state index >= 15 is 0 Å². The predicted octanol–water partition coefficient (Wildman–Crippen LogP) is 2.23. The Labute approximate surface area is 123 Å². The SMILES string of the molecule is CC(C)Cc1cc(C(=O)N2CCC(c3ccn[nH]3)C2)on1. The maximum Gasteiger partial charge on any atom is 0.292 e. The number of likely N-dealkylation sites (tertiary alicyclic amines) is 1. The Morgan fingerprint density at radius 1 is 1.57 bits per heavy atom. The molecule has 1 N–H and O–H groups in total. The summed E-state index contributed by atoms with van der Waals surface area (Å²) in [5.41, 5.74) is 1.93. The third-order valence-electron chi connectivity index (χ3n) is 3.82. The summed E-state index contributed by atoms with van der Waals surface area (Å²) in [7, 11) is 0. The first kappa shape index (κ1) is 13.9. The Morgan fingerprint density at radius 2 is 2.43 bits per heavy atom. The lowest BCUT2D eigenvalue weighted by Crippen LogP contribution is -2.28. The first-order chi connectivity index (χ1) is 10.1. The van der Waals surface area contributed by atoms with Crippen molar-refractivity contribution in [3.05, 3.63) is 35.5 Å². The van der Waals surface area contributed by atoms with E-state index in [1.807, 2.05) is 11.0 Å². The van der Waals surface area contributed by atoms with Gasteiger partial charge in [-0.2, -0.15) is 5.10 Å². The second-order valence-electron chi connectivity index (χ2n) is 6.03. The molecule has 0 aliphatic carbocycles. The second-order valence-corrected chi connectivity index (χ2v) is 6.03. The maximum atomic E-state index is 12.4. The predicted molar refractivity (Wildman–Crippen MR) is 76.9 cm³/mol. The Kier molecular flexibility index (Phi) is 3.77. The smallest absolute Gasteiger partial charge is 0.292 e. The molecule has 1 aliphatic heterocycles. The summed E-state index contributed by atoms with van der Waals surface area (Å²) in [5, 5.41) is 10.9. The third kappa shape index (κ3) is 2.99. The van der Waals surface area contributed by atoms with E-state index in [9.17, 15) is 4.79 Å². The van der Waals surface area contributed by atoms with Crippen molar-refractivity contribution in [2.75, 3.05) is 13.1 Å². The zero-order chi connectivity index (χ0) is 14.8. The van der Waals surface area contributed by atoms with Gasteiger partial charge < -0.3 is 9.42 Å². The summed E-state index contributed by atoms with van der Waals surface area (Å²) in [6.45, 7) is 5.67. The van der Waals surface area contributed by atoms with Crippen LogP contribution in [-0.4, -0.2) is 39.3 Å². The van der Waals surface area contributed by atoms with Crippen LogP contribution in [0.1, 0.15) is 48.1 Å². The number of nitrogens with one attached hydrogen (secondary N) is 1. The van der Waals surface area contributed by atoms with E-state index in [0.29, 0.717) is 24.1 Å². The average Bonchev–Trinajstić information content (AvgIpc) is 3.18. The van der Waals surface area contributed by atoms with Crippen molar-refractivity contribution in [2.45, 2.75) is 32.6 Å². The fraction of sp³-hybridized carbons (Fsp3) is 0.533. The number of aromatic amines is 1. The highest BCUT2D eigenvalue weighted by atomic mass is 16.5. The molecular weight excluding hydrogens is 268 g/mol. The minimum absolute atomic E-state index is 0.0699. The topological polar surface area (TPSA) is 75.0 Å². The van der Waals surface area contributed by atoms with Gasteiger partial charge in [-0.15, -0.1) is 0 Å². The van der Waals surface area contributed by atoms with Gasteiger partial charge in [0.15, 0.2) is 0 Å². The molecule has 0 aromatic carbocycles. The van der Waals surface area contributed by atoms with Crippen molar-refractivity contribution in [1.29, 1.82) is 0 Å². The zero-order valence-corrected chi connectivity index (χ0v) is 12.4. The van der Waals surface area contributed by atoms with Crippen molar-refractivity contribution in [2.24, 2.45) is 5.92 Å². The summed E-state index contributed by atoms with van der Waals surface area (Å²) in [6.07, 6.45) is 3.52. The molecule has 2 aromatic rings. The second kappa shape index (κ2) is 5.71. The molecule has 1 unspecified atom stereocenters. The zero-order valence-electron chi connectivity index (χ0n) is 12.4. The third-order valence-corrected chi connectivity index (χ3v) is 3.82. The quantitative estimate of drug-likeness (QED) is 0.936. The summed E-state index contributed by atoms with van der Waals surface area (Å²) in [6, 6.07) is 3.74. The van der Waals surface area contributed by atoms with Crippen molar-refractivity contribution >= 4 is 5.91 Å².